The molecule has 0 saturated heterocycles. The van der Waals surface area contributed by atoms with E-state index in [2.05, 4.69) is 4.99 Å². The van der Waals surface area contributed by atoms with E-state index in [0.29, 0.717) is 24.3 Å². The van der Waals surface area contributed by atoms with Crippen LogP contribution in [-0.4, -0.2) is 39.4 Å². The van der Waals surface area contributed by atoms with Crippen LogP contribution in [0, 0.1) is 0 Å². The zero-order chi connectivity index (χ0) is 15.8. The van der Waals surface area contributed by atoms with E-state index in [1.165, 1.54) is 0 Å². The van der Waals surface area contributed by atoms with Gasteiger partial charge in [-0.25, -0.2) is 8.42 Å². The van der Waals surface area contributed by atoms with Crippen molar-refractivity contribution in [2.24, 2.45) is 11.5 Å². The van der Waals surface area contributed by atoms with Crippen molar-refractivity contribution in [3.05, 3.63) is 23.8 Å². The number of hydrogen-bond donors (Lipinski definition) is 3. The maximum absolute atomic E-state index is 9.08. The number of nitrogens with one attached hydrogen (secondary N) is 1. The minimum atomic E-state index is -3.92. The zero-order valence-electron chi connectivity index (χ0n) is 11.5. The predicted octanol–water partition coefficient (Wildman–Crippen LogP) is -2.28. The van der Waals surface area contributed by atoms with E-state index in [1.54, 1.807) is 14.2 Å². The third-order valence-electron chi connectivity index (χ3n) is 1.94. The van der Waals surface area contributed by atoms with Crippen LogP contribution in [0.15, 0.2) is 18.2 Å². The molecule has 8 nitrogen and oxygen atoms in total. The fraction of sp³-hybridized carbons (Fsp3) is 0.364. The van der Waals surface area contributed by atoms with Gasteiger partial charge in [-0.3, -0.25) is 16.5 Å². The number of rotatable bonds is 4. The highest BCUT2D eigenvalue weighted by Gasteiger charge is 2.04. The Hall–Kier alpha value is -2.00. The summed E-state index contributed by atoms with van der Waals surface area (Å²) in [7, 11) is -0.722. The highest BCUT2D eigenvalue weighted by atomic mass is 32.2. The van der Waals surface area contributed by atoms with Gasteiger partial charge in [0.2, 0.25) is 0 Å². The molecular weight excluding hydrogens is 286 g/mol. The van der Waals surface area contributed by atoms with Gasteiger partial charge in [0.15, 0.2) is 11.5 Å². The van der Waals surface area contributed by atoms with Gasteiger partial charge in [-0.05, 0) is 17.7 Å². The molecule has 0 aliphatic carbocycles. The monoisotopic (exact) mass is 305 g/mol. The number of benzene rings is 1. The second-order valence-electron chi connectivity index (χ2n) is 3.70. The van der Waals surface area contributed by atoms with E-state index >= 15 is 0 Å². The minimum Gasteiger partial charge on any atom is -0.748 e. The summed E-state index contributed by atoms with van der Waals surface area (Å²) in [6.45, 7) is 0.558. The average molecular weight is 305 g/mol. The van der Waals surface area contributed by atoms with Crippen LogP contribution in [0.2, 0.25) is 0 Å². The molecule has 0 bridgehead atoms. The molecule has 1 rings (SSSR count). The van der Waals surface area contributed by atoms with Gasteiger partial charge < -0.3 is 14.0 Å². The molecule has 1 aromatic carbocycles. The molecule has 0 amide bonds. The molecule has 114 valence electrons. The molecule has 1 aromatic rings. The van der Waals surface area contributed by atoms with Crippen LogP contribution < -0.4 is 25.9 Å². The van der Waals surface area contributed by atoms with Gasteiger partial charge in [0.05, 0.1) is 30.9 Å². The fourth-order valence-electron chi connectivity index (χ4n) is 1.19. The minimum absolute atomic E-state index is 0.199. The number of hydrogen-bond acceptors (Lipinski definition) is 5. The Morgan fingerprint density at radius 3 is 2.15 bits per heavy atom. The van der Waals surface area contributed by atoms with Crippen LogP contribution in [0.1, 0.15) is 5.56 Å². The topological polar surface area (TPSA) is 142 Å². The Kier molecular flexibility index (Phi) is 7.40. The first kappa shape index (κ1) is 18.0. The molecule has 0 heterocycles. The van der Waals surface area contributed by atoms with Crippen LogP contribution in [0.4, 0.5) is 0 Å². The van der Waals surface area contributed by atoms with Gasteiger partial charge >= 0.3 is 5.96 Å². The highest BCUT2D eigenvalue weighted by molar-refractivity contribution is 7.84. The summed E-state index contributed by atoms with van der Waals surface area (Å²) in [5, 5.41) is 0. The summed E-state index contributed by atoms with van der Waals surface area (Å²) in [6, 6.07) is 5.62. The molecule has 0 radical (unpaired) electrons. The summed E-state index contributed by atoms with van der Waals surface area (Å²) in [5.41, 5.74) is 11.6. The molecule has 9 heteroatoms. The highest BCUT2D eigenvalue weighted by Crippen LogP contribution is 2.26. The van der Waals surface area contributed by atoms with Crippen LogP contribution in [-0.2, 0) is 16.7 Å². The van der Waals surface area contributed by atoms with Gasteiger partial charge in [-0.1, -0.05) is 6.07 Å². The Balaban J connectivity index is 0.000000621. The molecule has 0 aromatic heterocycles. The largest absolute Gasteiger partial charge is 0.748 e. The quantitative estimate of drug-likeness (QED) is 0.323. The van der Waals surface area contributed by atoms with Crippen molar-refractivity contribution in [3.63, 3.8) is 0 Å². The van der Waals surface area contributed by atoms with Gasteiger partial charge in [0, 0.05) is 6.26 Å². The lowest BCUT2D eigenvalue weighted by Gasteiger charge is -2.07. The number of nitrogens with two attached hydrogens (primary N) is 2. The Morgan fingerprint density at radius 2 is 1.75 bits per heavy atom. The van der Waals surface area contributed by atoms with Crippen molar-refractivity contribution in [2.45, 2.75) is 6.54 Å². The Labute approximate surface area is 118 Å². The van der Waals surface area contributed by atoms with Crippen LogP contribution in [0.3, 0.4) is 0 Å². The van der Waals surface area contributed by atoms with Crippen molar-refractivity contribution in [3.8, 4) is 11.5 Å². The van der Waals surface area contributed by atoms with E-state index < -0.39 is 10.1 Å². The first-order valence-corrected chi connectivity index (χ1v) is 7.22. The molecule has 0 saturated carbocycles. The first-order chi connectivity index (χ1) is 9.17. The lowest BCUT2D eigenvalue weighted by atomic mass is 10.2. The zero-order valence-corrected chi connectivity index (χ0v) is 12.4. The van der Waals surface area contributed by atoms with Crippen molar-refractivity contribution < 1.29 is 27.4 Å². The number of methoxy groups -OCH3 is 2. The Morgan fingerprint density at radius 1 is 1.25 bits per heavy atom. The molecule has 0 atom stereocenters. The van der Waals surface area contributed by atoms with E-state index in [9.17, 15) is 0 Å². The molecule has 5 N–H and O–H groups in total. The molecule has 0 aliphatic rings. The summed E-state index contributed by atoms with van der Waals surface area (Å²) >= 11 is 0. The van der Waals surface area contributed by atoms with Gasteiger partial charge in [-0.2, -0.15) is 0 Å². The third-order valence-corrected chi connectivity index (χ3v) is 1.94. The lowest BCUT2D eigenvalue weighted by molar-refractivity contribution is -0.477. The number of guanidine groups is 1. The summed E-state index contributed by atoms with van der Waals surface area (Å²) in [5.74, 6) is 1.59. The smallest absolute Gasteiger partial charge is 0.339 e. The standard InChI is InChI=1S/C10H15N3O2.CH4O3S/c1-14-8-4-3-7(5-9(8)15-2)6-13-10(11)12;1-5(2,3)4/h3-5H,6H2,1-2H3,(H4,11,12,13);1H3,(H,2,3,4). The van der Waals surface area contributed by atoms with Crippen molar-refractivity contribution in [1.82, 2.24) is 0 Å². The van der Waals surface area contributed by atoms with Gasteiger partial charge in [0.1, 0.15) is 0 Å². The summed E-state index contributed by atoms with van der Waals surface area (Å²) in [6.07, 6.45) is 0.604. The van der Waals surface area contributed by atoms with E-state index in [-0.39, 0.29) is 5.96 Å². The molecule has 0 spiro atoms. The molecule has 0 unspecified atom stereocenters. The molecule has 20 heavy (non-hydrogen) atoms. The summed E-state index contributed by atoms with van der Waals surface area (Å²) < 4.78 is 37.5. The normalized spacial score (nSPS) is 10.0. The van der Waals surface area contributed by atoms with Crippen molar-refractivity contribution >= 4 is 16.1 Å². The van der Waals surface area contributed by atoms with Crippen molar-refractivity contribution in [2.75, 3.05) is 20.5 Å². The van der Waals surface area contributed by atoms with Crippen molar-refractivity contribution in [1.29, 1.82) is 0 Å². The van der Waals surface area contributed by atoms with E-state index in [4.69, 9.17) is 33.9 Å². The maximum atomic E-state index is 9.08. The van der Waals surface area contributed by atoms with Crippen LogP contribution in [0.5, 0.6) is 11.5 Å². The molecular formula is C11H19N3O5S. The fourth-order valence-corrected chi connectivity index (χ4v) is 1.19. The first-order valence-electron chi connectivity index (χ1n) is 5.41. The number of ether oxygens (including phenoxy) is 2. The summed E-state index contributed by atoms with van der Waals surface area (Å²) in [4.78, 5) is 2.83. The predicted molar refractivity (Wildman–Crippen MR) is 73.2 cm³/mol. The van der Waals surface area contributed by atoms with E-state index in [1.807, 2.05) is 18.2 Å². The van der Waals surface area contributed by atoms with Crippen LogP contribution in [0.25, 0.3) is 0 Å². The Bertz CT molecular complexity index is 545. The van der Waals surface area contributed by atoms with E-state index in [0.717, 1.165) is 5.56 Å². The maximum Gasteiger partial charge on any atom is 0.339 e. The molecule has 0 aliphatic heterocycles. The van der Waals surface area contributed by atoms with Gasteiger partial charge in [-0.15, -0.1) is 0 Å². The van der Waals surface area contributed by atoms with Crippen LogP contribution >= 0.6 is 0 Å². The lowest BCUT2D eigenvalue weighted by Crippen LogP contribution is -2.76. The second kappa shape index (κ2) is 8.23. The third kappa shape index (κ3) is 9.00. The van der Waals surface area contributed by atoms with Gasteiger partial charge in [0.25, 0.3) is 0 Å². The average Bonchev–Trinajstić information content (AvgIpc) is 2.33. The molecule has 0 fully saturated rings. The SMILES string of the molecule is COc1ccc(C[NH+]=C(N)N)cc1OC.CS(=O)(=O)[O-]. The second-order valence-corrected chi connectivity index (χ2v) is 5.11.